The fraction of sp³-hybridized carbons (Fsp3) is 0.500. The second kappa shape index (κ2) is 12.2. The SMILES string of the molecule is C=C.C=C(C)C(=C)/C(=C\C)C(=O)NC(CC)CCN(C)C.[HH]. The van der Waals surface area contributed by atoms with Crippen LogP contribution in [0, 0.1) is 0 Å². The Bertz CT molecular complexity index is 387. The van der Waals surface area contributed by atoms with Gasteiger partial charge in [-0.2, -0.15) is 0 Å². The van der Waals surface area contributed by atoms with Gasteiger partial charge >= 0.3 is 0 Å². The largest absolute Gasteiger partial charge is 0.349 e. The van der Waals surface area contributed by atoms with Gasteiger partial charge in [-0.15, -0.1) is 13.2 Å². The van der Waals surface area contributed by atoms with Crippen molar-refractivity contribution in [1.82, 2.24) is 10.2 Å². The van der Waals surface area contributed by atoms with Gasteiger partial charge in [0.15, 0.2) is 0 Å². The lowest BCUT2D eigenvalue weighted by atomic mass is 10.00. The van der Waals surface area contributed by atoms with Crippen LogP contribution in [-0.4, -0.2) is 37.5 Å². The van der Waals surface area contributed by atoms with Crippen LogP contribution in [0.25, 0.3) is 0 Å². The van der Waals surface area contributed by atoms with Gasteiger partial charge in [0.1, 0.15) is 0 Å². The van der Waals surface area contributed by atoms with Crippen LogP contribution in [0.3, 0.4) is 0 Å². The molecular formula is C18H34N2O. The van der Waals surface area contributed by atoms with Gasteiger partial charge in [0.05, 0.1) is 0 Å². The van der Waals surface area contributed by atoms with Crippen molar-refractivity contribution in [2.75, 3.05) is 20.6 Å². The second-order valence-corrected chi connectivity index (χ2v) is 5.13. The Morgan fingerprint density at radius 1 is 1.33 bits per heavy atom. The van der Waals surface area contributed by atoms with E-state index < -0.39 is 0 Å². The van der Waals surface area contributed by atoms with E-state index in [1.54, 1.807) is 6.08 Å². The first-order valence-corrected chi connectivity index (χ1v) is 7.30. The molecule has 21 heavy (non-hydrogen) atoms. The number of allylic oxidation sites excluding steroid dienone is 2. The fourth-order valence-electron chi connectivity index (χ4n) is 1.73. The van der Waals surface area contributed by atoms with Crippen molar-refractivity contribution in [1.29, 1.82) is 0 Å². The molecule has 0 radical (unpaired) electrons. The van der Waals surface area contributed by atoms with E-state index in [0.29, 0.717) is 11.1 Å². The maximum Gasteiger partial charge on any atom is 0.251 e. The summed E-state index contributed by atoms with van der Waals surface area (Å²) in [5.41, 5.74) is 2.16. The number of nitrogens with zero attached hydrogens (tertiary/aromatic N) is 1. The molecule has 0 heterocycles. The molecule has 0 aliphatic rings. The Labute approximate surface area is 132 Å². The predicted octanol–water partition coefficient (Wildman–Crippen LogP) is 3.96. The molecule has 3 nitrogen and oxygen atoms in total. The smallest absolute Gasteiger partial charge is 0.251 e. The molecule has 122 valence electrons. The van der Waals surface area contributed by atoms with E-state index in [1.165, 1.54) is 0 Å². The molecule has 1 amide bonds. The third-order valence-electron chi connectivity index (χ3n) is 3.13. The molecule has 0 bridgehead atoms. The lowest BCUT2D eigenvalue weighted by Gasteiger charge is -2.20. The Morgan fingerprint density at radius 2 is 1.86 bits per heavy atom. The van der Waals surface area contributed by atoms with E-state index >= 15 is 0 Å². The Kier molecular flexibility index (Phi) is 12.6. The quantitative estimate of drug-likeness (QED) is 0.417. The monoisotopic (exact) mass is 294 g/mol. The van der Waals surface area contributed by atoms with Crippen LogP contribution in [0.4, 0.5) is 0 Å². The van der Waals surface area contributed by atoms with Crippen molar-refractivity contribution < 1.29 is 6.22 Å². The number of carbonyl (C=O) groups excluding carboxylic acids is 1. The maximum atomic E-state index is 12.2. The van der Waals surface area contributed by atoms with Crippen molar-refractivity contribution in [2.24, 2.45) is 0 Å². The van der Waals surface area contributed by atoms with Gasteiger partial charge < -0.3 is 10.2 Å². The minimum absolute atomic E-state index is 0. The van der Waals surface area contributed by atoms with E-state index in [-0.39, 0.29) is 13.4 Å². The minimum Gasteiger partial charge on any atom is -0.349 e. The van der Waals surface area contributed by atoms with E-state index in [4.69, 9.17) is 0 Å². The van der Waals surface area contributed by atoms with Crippen molar-refractivity contribution >= 4 is 5.91 Å². The predicted molar refractivity (Wildman–Crippen MR) is 96.5 cm³/mol. The maximum absolute atomic E-state index is 12.2. The zero-order valence-corrected chi connectivity index (χ0v) is 14.5. The molecule has 1 atom stereocenters. The molecule has 0 fully saturated rings. The minimum atomic E-state index is -0.0545. The number of amides is 1. The molecule has 0 aromatic rings. The average molecular weight is 294 g/mol. The summed E-state index contributed by atoms with van der Waals surface area (Å²) in [6, 6.07) is 0.197. The summed E-state index contributed by atoms with van der Waals surface area (Å²) < 4.78 is 0. The zero-order valence-electron chi connectivity index (χ0n) is 14.5. The standard InChI is InChI=1S/C16H28N2O.C2H4.H2/c1-8-14(10-11-18(6)7)17-16(19)15(9-2)13(5)12(3)4;1-2;/h9,14H,3,5,8,10-11H2,1-2,4,6-7H3,(H,17,19);1-2H2;1H/b15-9+;;. The Morgan fingerprint density at radius 3 is 2.19 bits per heavy atom. The van der Waals surface area contributed by atoms with E-state index in [0.717, 1.165) is 25.0 Å². The molecule has 0 aliphatic heterocycles. The molecule has 0 saturated heterocycles. The van der Waals surface area contributed by atoms with Crippen molar-refractivity contribution in [3.63, 3.8) is 0 Å². The molecule has 0 aromatic carbocycles. The highest BCUT2D eigenvalue weighted by atomic mass is 16.1. The van der Waals surface area contributed by atoms with Crippen molar-refractivity contribution in [3.8, 4) is 0 Å². The summed E-state index contributed by atoms with van der Waals surface area (Å²) in [5, 5.41) is 3.07. The molecule has 3 heteroatoms. The summed E-state index contributed by atoms with van der Waals surface area (Å²) in [7, 11) is 4.07. The van der Waals surface area contributed by atoms with Gasteiger partial charge in [0.2, 0.25) is 0 Å². The highest BCUT2D eigenvalue weighted by molar-refractivity contribution is 5.98. The van der Waals surface area contributed by atoms with Gasteiger partial charge in [-0.05, 0) is 52.9 Å². The van der Waals surface area contributed by atoms with Crippen molar-refractivity contribution in [3.05, 3.63) is 49.1 Å². The molecule has 0 aromatic heterocycles. The summed E-state index contributed by atoms with van der Waals surface area (Å²) in [5.74, 6) is -0.0545. The number of hydrogen-bond acceptors (Lipinski definition) is 2. The summed E-state index contributed by atoms with van der Waals surface area (Å²) >= 11 is 0. The normalized spacial score (nSPS) is 12.2. The zero-order chi connectivity index (χ0) is 17.0. The number of nitrogens with one attached hydrogen (secondary N) is 1. The second-order valence-electron chi connectivity index (χ2n) is 5.13. The highest BCUT2D eigenvalue weighted by Crippen LogP contribution is 2.16. The first kappa shape index (κ1) is 21.7. The van der Waals surface area contributed by atoms with Gasteiger partial charge in [-0.3, -0.25) is 4.79 Å². The molecule has 0 rings (SSSR count). The van der Waals surface area contributed by atoms with Gasteiger partial charge in [0.25, 0.3) is 5.91 Å². The molecule has 0 spiro atoms. The van der Waals surface area contributed by atoms with Gasteiger partial charge in [-0.1, -0.05) is 31.7 Å². The third-order valence-corrected chi connectivity index (χ3v) is 3.13. The number of carbonyl (C=O) groups is 1. The lowest BCUT2D eigenvalue weighted by molar-refractivity contribution is -0.118. The lowest BCUT2D eigenvalue weighted by Crippen LogP contribution is -2.37. The summed E-state index contributed by atoms with van der Waals surface area (Å²) in [6.45, 7) is 20.5. The number of rotatable bonds is 8. The Hall–Kier alpha value is -1.61. The Balaban J connectivity index is -0.00000115. The summed E-state index contributed by atoms with van der Waals surface area (Å²) in [6.07, 6.45) is 3.67. The first-order chi connectivity index (χ1) is 9.83. The molecule has 0 aliphatic carbocycles. The van der Waals surface area contributed by atoms with Crippen LogP contribution in [0.2, 0.25) is 0 Å². The van der Waals surface area contributed by atoms with Crippen LogP contribution >= 0.6 is 0 Å². The van der Waals surface area contributed by atoms with Crippen LogP contribution in [-0.2, 0) is 4.79 Å². The van der Waals surface area contributed by atoms with E-state index in [1.807, 2.05) is 27.9 Å². The first-order valence-electron chi connectivity index (χ1n) is 7.30. The highest BCUT2D eigenvalue weighted by Gasteiger charge is 2.16. The van der Waals surface area contributed by atoms with E-state index in [2.05, 4.69) is 43.5 Å². The van der Waals surface area contributed by atoms with E-state index in [9.17, 15) is 4.79 Å². The average Bonchev–Trinajstić information content (AvgIpc) is 2.45. The molecule has 0 saturated carbocycles. The van der Waals surface area contributed by atoms with Crippen LogP contribution < -0.4 is 5.32 Å². The summed E-state index contributed by atoms with van der Waals surface area (Å²) in [4.78, 5) is 14.4. The van der Waals surface area contributed by atoms with Gasteiger partial charge in [-0.25, -0.2) is 0 Å². The van der Waals surface area contributed by atoms with Crippen molar-refractivity contribution in [2.45, 2.75) is 39.7 Å². The van der Waals surface area contributed by atoms with Crippen LogP contribution in [0.1, 0.15) is 35.0 Å². The van der Waals surface area contributed by atoms with Crippen LogP contribution in [0.5, 0.6) is 0 Å². The topological polar surface area (TPSA) is 32.3 Å². The molecule has 1 unspecified atom stereocenters. The molecule has 1 N–H and O–H groups in total. The molecular weight excluding hydrogens is 260 g/mol. The third kappa shape index (κ3) is 9.03. The fourth-order valence-corrected chi connectivity index (χ4v) is 1.73. The van der Waals surface area contributed by atoms with Crippen LogP contribution in [0.15, 0.2) is 49.1 Å². The van der Waals surface area contributed by atoms with Gasteiger partial charge in [0, 0.05) is 13.0 Å². The number of hydrogen-bond donors (Lipinski definition) is 1.